The van der Waals surface area contributed by atoms with Gasteiger partial charge in [0.25, 0.3) is 0 Å². The maximum Gasteiger partial charge on any atom is 0.135 e. The highest BCUT2D eigenvalue weighted by atomic mass is 32.1. The molecule has 6 heteroatoms. The summed E-state index contributed by atoms with van der Waals surface area (Å²) in [5, 5.41) is 14.0. The third kappa shape index (κ3) is 10.7. The Balaban J connectivity index is 0.585. The molecule has 4 aromatic heterocycles. The number of nitrogens with zero attached hydrogens (tertiary/aromatic N) is 2. The third-order valence-corrected chi connectivity index (χ3v) is 23.4. The van der Waals surface area contributed by atoms with Crippen molar-refractivity contribution >= 4 is 153 Å². The first-order valence-electron chi connectivity index (χ1n) is 37.4. The molecule has 22 rings (SSSR count). The van der Waals surface area contributed by atoms with E-state index in [0.29, 0.717) is 0 Å². The number of fused-ring (bicyclic) bond motifs is 14. The number of rotatable bonds is 13. The van der Waals surface area contributed by atoms with Gasteiger partial charge in [-0.25, -0.2) is 0 Å². The van der Waals surface area contributed by atoms with Crippen molar-refractivity contribution < 1.29 is 13.3 Å². The van der Waals surface area contributed by atoms with Crippen LogP contribution in [0.3, 0.4) is 0 Å². The van der Waals surface area contributed by atoms with Gasteiger partial charge in [-0.2, -0.15) is 0 Å². The molecule has 22 aromatic rings. The second-order valence-corrected chi connectivity index (χ2v) is 29.7. The van der Waals surface area contributed by atoms with Crippen LogP contribution < -0.4 is 9.80 Å². The van der Waals surface area contributed by atoms with Crippen LogP contribution in [0.25, 0.3) is 185 Å². The zero-order valence-corrected chi connectivity index (χ0v) is 60.3. The highest BCUT2D eigenvalue weighted by Crippen LogP contribution is 2.49. The van der Waals surface area contributed by atoms with Gasteiger partial charge in [0.15, 0.2) is 0 Å². The molecule has 0 fully saturated rings. The molecular formula is C104H64N2O3S. The fraction of sp³-hybridized carbons (Fsp3) is 0. The third-order valence-electron chi connectivity index (χ3n) is 22.3. The summed E-state index contributed by atoms with van der Waals surface area (Å²) in [7, 11) is 0. The van der Waals surface area contributed by atoms with Crippen LogP contribution in [0.1, 0.15) is 0 Å². The topological polar surface area (TPSA) is 45.9 Å². The first kappa shape index (κ1) is 63.0. The zero-order valence-electron chi connectivity index (χ0n) is 59.5. The maximum atomic E-state index is 6.40. The molecule has 0 aliphatic carbocycles. The largest absolute Gasteiger partial charge is 0.456 e. The molecular weight excluding hydrogens is 1360 g/mol. The molecule has 18 aromatic carbocycles. The molecule has 0 aliphatic heterocycles. The van der Waals surface area contributed by atoms with Crippen molar-refractivity contribution in [2.75, 3.05) is 9.80 Å². The van der Waals surface area contributed by atoms with E-state index in [9.17, 15) is 0 Å². The number of anilines is 6. The fourth-order valence-corrected chi connectivity index (χ4v) is 18.2. The van der Waals surface area contributed by atoms with E-state index in [1.807, 2.05) is 47.7 Å². The Bertz CT molecular complexity index is 7430. The van der Waals surface area contributed by atoms with Gasteiger partial charge in [0.2, 0.25) is 0 Å². The first-order valence-corrected chi connectivity index (χ1v) is 38.2. The molecule has 4 heterocycles. The minimum Gasteiger partial charge on any atom is -0.456 e. The molecule has 110 heavy (non-hydrogen) atoms. The minimum absolute atomic E-state index is 0.856. The summed E-state index contributed by atoms with van der Waals surface area (Å²) in [5.41, 5.74) is 27.7. The lowest BCUT2D eigenvalue weighted by atomic mass is 9.90. The van der Waals surface area contributed by atoms with Crippen LogP contribution in [0.4, 0.5) is 34.1 Å². The normalized spacial score (nSPS) is 11.8. The van der Waals surface area contributed by atoms with Gasteiger partial charge in [-0.1, -0.05) is 261 Å². The molecule has 0 spiro atoms. The Morgan fingerprint density at radius 3 is 1.02 bits per heavy atom. The smallest absolute Gasteiger partial charge is 0.135 e. The van der Waals surface area contributed by atoms with E-state index in [0.717, 1.165) is 144 Å². The van der Waals surface area contributed by atoms with Crippen LogP contribution in [0.15, 0.2) is 401 Å². The van der Waals surface area contributed by atoms with Crippen LogP contribution in [0.5, 0.6) is 0 Å². The van der Waals surface area contributed by atoms with E-state index in [1.165, 1.54) is 75.1 Å². The van der Waals surface area contributed by atoms with Crippen LogP contribution in [0.2, 0.25) is 0 Å². The molecule has 0 unspecified atom stereocenters. The summed E-state index contributed by atoms with van der Waals surface area (Å²) in [6.07, 6.45) is 0. The minimum atomic E-state index is 0.856. The average molecular weight is 1420 g/mol. The average Bonchev–Trinajstić information content (AvgIpc) is 1.60. The van der Waals surface area contributed by atoms with Crippen LogP contribution in [0, 0.1) is 0 Å². The van der Waals surface area contributed by atoms with Crippen molar-refractivity contribution in [3.05, 3.63) is 388 Å². The molecule has 0 N–H and O–H groups in total. The van der Waals surface area contributed by atoms with Crippen LogP contribution in [-0.2, 0) is 0 Å². The van der Waals surface area contributed by atoms with Crippen molar-refractivity contribution in [1.29, 1.82) is 0 Å². The van der Waals surface area contributed by atoms with E-state index in [-0.39, 0.29) is 0 Å². The predicted octanol–water partition coefficient (Wildman–Crippen LogP) is 30.7. The summed E-state index contributed by atoms with van der Waals surface area (Å²) in [4.78, 5) is 4.80. The number of benzene rings is 18. The van der Waals surface area contributed by atoms with Crippen LogP contribution >= 0.6 is 11.3 Å². The lowest BCUT2D eigenvalue weighted by Crippen LogP contribution is -2.11. The standard InChI is InChI=1S/C104H64N2O3S/c1-2-24-79-67(18-1)19-17-32-80(79)70-20-15-22-72(58-70)83-25-5-10-33-95(83)106(78-50-57-102-94(64-78)89-31-9-14-37-99(89)109-102)76-47-40-66(41-48-76)69-42-51-90-91-52-43-74(62-104(91)110-103(90)61-69)82-54-53-81(85-27-3-4-28-86(82)85)71-21-16-23-73(59-71)84-26-6-11-34-96(84)105(77-49-56-101-93(63-77)88-30-8-13-36-98(88)108-101)75-45-38-65(39-46-75)68-44-55-100-92(60-68)87-29-7-12-35-97(87)107-100/h1-64H. The molecule has 514 valence electrons. The molecule has 0 saturated carbocycles. The number of para-hydroxylation sites is 5. The molecule has 0 bridgehead atoms. The summed E-state index contributed by atoms with van der Waals surface area (Å²) >= 11 is 1.86. The van der Waals surface area contributed by atoms with Crippen molar-refractivity contribution in [3.8, 4) is 77.9 Å². The van der Waals surface area contributed by atoms with E-state index in [4.69, 9.17) is 13.3 Å². The number of hydrogen-bond acceptors (Lipinski definition) is 6. The van der Waals surface area contributed by atoms with Gasteiger partial charge in [-0.3, -0.25) is 0 Å². The number of hydrogen-bond donors (Lipinski definition) is 0. The van der Waals surface area contributed by atoms with Gasteiger partial charge >= 0.3 is 0 Å². The van der Waals surface area contributed by atoms with Crippen molar-refractivity contribution in [2.24, 2.45) is 0 Å². The van der Waals surface area contributed by atoms with E-state index in [2.05, 4.69) is 362 Å². The molecule has 5 nitrogen and oxygen atoms in total. The Kier molecular flexibility index (Phi) is 14.8. The Labute approximate surface area is 637 Å². The lowest BCUT2D eigenvalue weighted by Gasteiger charge is -2.28. The Morgan fingerprint density at radius 1 is 0.173 bits per heavy atom. The zero-order chi connectivity index (χ0) is 72.3. The van der Waals surface area contributed by atoms with Crippen molar-refractivity contribution in [1.82, 2.24) is 0 Å². The highest BCUT2D eigenvalue weighted by Gasteiger charge is 2.24. The monoisotopic (exact) mass is 1420 g/mol. The van der Waals surface area contributed by atoms with Gasteiger partial charge in [0, 0.05) is 86.4 Å². The molecule has 0 aliphatic rings. The number of thiophene rings is 1. The second kappa shape index (κ2) is 25.7. The Morgan fingerprint density at radius 2 is 0.500 bits per heavy atom. The summed E-state index contributed by atoms with van der Waals surface area (Å²) in [5.74, 6) is 0. The number of furan rings is 3. The van der Waals surface area contributed by atoms with E-state index in [1.54, 1.807) is 0 Å². The van der Waals surface area contributed by atoms with Gasteiger partial charge in [-0.15, -0.1) is 11.3 Å². The van der Waals surface area contributed by atoms with Gasteiger partial charge in [0.05, 0.1) is 11.4 Å². The Hall–Kier alpha value is -14.3. The first-order chi connectivity index (χ1) is 54.5. The predicted molar refractivity (Wildman–Crippen MR) is 464 cm³/mol. The van der Waals surface area contributed by atoms with Crippen molar-refractivity contribution in [3.63, 3.8) is 0 Å². The summed E-state index contributed by atoms with van der Waals surface area (Å²) in [6.45, 7) is 0. The quantitative estimate of drug-likeness (QED) is 0.115. The van der Waals surface area contributed by atoms with Gasteiger partial charge in [-0.05, 0) is 216 Å². The lowest BCUT2D eigenvalue weighted by molar-refractivity contribution is 0.668. The van der Waals surface area contributed by atoms with E-state index < -0.39 is 0 Å². The van der Waals surface area contributed by atoms with Gasteiger partial charge in [0.1, 0.15) is 33.5 Å². The summed E-state index contributed by atoms with van der Waals surface area (Å²) < 4.78 is 21.5. The van der Waals surface area contributed by atoms with E-state index >= 15 is 0 Å². The maximum absolute atomic E-state index is 6.40. The van der Waals surface area contributed by atoms with Gasteiger partial charge < -0.3 is 23.1 Å². The second-order valence-electron chi connectivity index (χ2n) is 28.6. The van der Waals surface area contributed by atoms with Crippen molar-refractivity contribution in [2.45, 2.75) is 0 Å². The molecule has 0 amide bonds. The van der Waals surface area contributed by atoms with Crippen LogP contribution in [-0.4, -0.2) is 0 Å². The summed E-state index contributed by atoms with van der Waals surface area (Å²) in [6, 6.07) is 141. The SMILES string of the molecule is c1cc(-c2ccccc2N(c2ccc(-c3ccc4c(c3)sc3cc(-c5ccc(-c6cccc(-c7ccccc7N(c7ccc(-c8ccc9oc%10ccccc%10c9c8)cc7)c7ccc8oc9ccccc9c8c7)c6)c6ccccc56)ccc34)cc2)c2ccc3oc4ccccc4c3c2)cc(-c2cccc3ccccc23)c1. The molecule has 0 atom stereocenters. The molecule has 0 radical (unpaired) electrons. The highest BCUT2D eigenvalue weighted by molar-refractivity contribution is 7.25. The molecule has 0 saturated heterocycles. The fourth-order valence-electron chi connectivity index (χ4n) is 17.0.